The van der Waals surface area contributed by atoms with Crippen molar-refractivity contribution in [3.63, 3.8) is 0 Å². The van der Waals surface area contributed by atoms with Gasteiger partial charge in [-0.2, -0.15) is 0 Å². The summed E-state index contributed by atoms with van der Waals surface area (Å²) in [7, 11) is 1.95. The van der Waals surface area contributed by atoms with Crippen LogP contribution in [0.4, 0.5) is 4.79 Å². The maximum atomic E-state index is 12.0. The molecule has 0 aromatic carbocycles. The van der Waals surface area contributed by atoms with Crippen LogP contribution in [0.5, 0.6) is 0 Å². The number of hydrogen-bond donors (Lipinski definition) is 2. The number of fused-ring (bicyclic) bond motifs is 1. The molecule has 2 aliphatic heterocycles. The van der Waals surface area contributed by atoms with E-state index in [1.165, 1.54) is 0 Å². The molecule has 2 atom stereocenters. The highest BCUT2D eigenvalue weighted by Gasteiger charge is 2.41. The summed E-state index contributed by atoms with van der Waals surface area (Å²) in [6.07, 6.45) is 16.9. The molecule has 0 aromatic heterocycles. The van der Waals surface area contributed by atoms with Crippen LogP contribution in [0, 0.1) is 0 Å². The molecule has 2 N–H and O–H groups in total. The quantitative estimate of drug-likeness (QED) is 0.732. The number of hydrogen-bond acceptors (Lipinski definition) is 4. The minimum Gasteiger partial charge on any atom is -0.437 e. The van der Waals surface area contributed by atoms with Crippen molar-refractivity contribution >= 4 is 12.3 Å². The summed E-state index contributed by atoms with van der Waals surface area (Å²) < 4.78 is 5.74. The lowest BCUT2D eigenvalue weighted by molar-refractivity contribution is 0.0370. The number of nitrogens with one attached hydrogen (secondary N) is 2. The lowest BCUT2D eigenvalue weighted by Gasteiger charge is -2.37. The Morgan fingerprint density at radius 2 is 2.18 bits per heavy atom. The topological polar surface area (TPSA) is 62.7 Å². The van der Waals surface area contributed by atoms with Crippen LogP contribution in [-0.2, 0) is 4.74 Å². The first-order valence-electron chi connectivity index (χ1n) is 7.66. The summed E-state index contributed by atoms with van der Waals surface area (Å²) in [5.41, 5.74) is 0.268. The number of likely N-dealkylation sites (N-methyl/N-ethyl adjacent to an activating group) is 1. The van der Waals surface area contributed by atoms with Gasteiger partial charge in [0.15, 0.2) is 0 Å². The molecule has 0 aromatic rings. The van der Waals surface area contributed by atoms with Crippen molar-refractivity contribution in [1.82, 2.24) is 10.6 Å². The molecular weight excluding hydrogens is 278 g/mol. The number of rotatable bonds is 1. The molecule has 22 heavy (non-hydrogen) atoms. The molecule has 0 fully saturated rings. The van der Waals surface area contributed by atoms with Crippen LogP contribution in [-0.4, -0.2) is 31.0 Å². The van der Waals surface area contributed by atoms with Crippen molar-refractivity contribution < 1.29 is 9.53 Å². The van der Waals surface area contributed by atoms with E-state index in [2.05, 4.69) is 39.9 Å². The number of allylic oxidation sites excluding steroid dienone is 1. The van der Waals surface area contributed by atoms with E-state index in [0.717, 1.165) is 18.4 Å². The predicted molar refractivity (Wildman–Crippen MR) is 86.6 cm³/mol. The van der Waals surface area contributed by atoms with Gasteiger partial charge in [-0.3, -0.25) is 5.32 Å². The number of ether oxygens (including phenoxy) is 1. The Hall–Kier alpha value is -2.14. The zero-order valence-corrected chi connectivity index (χ0v) is 12.7. The van der Waals surface area contributed by atoms with E-state index in [0.29, 0.717) is 24.7 Å². The number of nitrogens with zero attached hydrogens (tertiary/aromatic N) is 1. The molecule has 0 saturated carbocycles. The molecule has 3 rings (SSSR count). The molecule has 0 radical (unpaired) electrons. The zero-order chi connectivity index (χ0) is 15.4. The summed E-state index contributed by atoms with van der Waals surface area (Å²) in [5.74, 6) is 0.608. The minimum absolute atomic E-state index is 0.306. The van der Waals surface area contributed by atoms with Crippen LogP contribution in [0.2, 0.25) is 0 Å². The third-order valence-electron chi connectivity index (χ3n) is 4.19. The second-order valence-corrected chi connectivity index (χ2v) is 5.66. The number of amides is 1. The van der Waals surface area contributed by atoms with Gasteiger partial charge in [-0.15, -0.1) is 0 Å². The van der Waals surface area contributed by atoms with E-state index in [-0.39, 0.29) is 0 Å². The number of carbonyl (C=O) groups is 1. The van der Waals surface area contributed by atoms with Crippen LogP contribution in [0.1, 0.15) is 25.7 Å². The molecule has 1 amide bonds. The Morgan fingerprint density at radius 1 is 1.32 bits per heavy atom. The van der Waals surface area contributed by atoms with Crippen LogP contribution >= 0.6 is 0 Å². The van der Waals surface area contributed by atoms with E-state index < -0.39 is 11.7 Å². The molecule has 2 heterocycles. The Kier molecular flexibility index (Phi) is 4.24. The fraction of sp³-hybridized carbons (Fsp3) is 0.412. The molecule has 5 nitrogen and oxygen atoms in total. The standard InChI is InChI=1S/C17H21N3O2/c1-18-13-7-2-4-10-17(11-6-8-13)14-9-3-5-12-19-15(14)20-16(21)22-17/h2-4,6,8-9,12-13,18H,5,7,10-11H2,1H3,(H,20,21)/b4-2+,8-6+. The number of carbonyl (C=O) groups excluding carboxylic acids is 1. The molecule has 2 unspecified atom stereocenters. The van der Waals surface area contributed by atoms with Gasteiger partial charge in [-0.05, 0) is 13.5 Å². The largest absolute Gasteiger partial charge is 0.437 e. The lowest BCUT2D eigenvalue weighted by Crippen LogP contribution is -2.46. The van der Waals surface area contributed by atoms with Crippen LogP contribution < -0.4 is 10.6 Å². The van der Waals surface area contributed by atoms with Gasteiger partial charge in [0, 0.05) is 37.1 Å². The third-order valence-corrected chi connectivity index (χ3v) is 4.19. The number of aliphatic imine (C=N–C) groups is 1. The van der Waals surface area contributed by atoms with E-state index in [1.54, 1.807) is 6.21 Å². The Bertz CT molecular complexity index is 601. The van der Waals surface area contributed by atoms with E-state index in [1.807, 2.05) is 19.2 Å². The molecular formula is C17H21N3O2. The summed E-state index contributed by atoms with van der Waals surface area (Å²) in [4.78, 5) is 16.4. The van der Waals surface area contributed by atoms with Crippen molar-refractivity contribution in [3.8, 4) is 0 Å². The minimum atomic E-state index is -0.675. The second kappa shape index (κ2) is 6.32. The average Bonchev–Trinajstić information content (AvgIpc) is 2.69. The van der Waals surface area contributed by atoms with Crippen LogP contribution in [0.15, 0.2) is 52.8 Å². The maximum absolute atomic E-state index is 12.0. The van der Waals surface area contributed by atoms with Gasteiger partial charge in [0.05, 0.1) is 0 Å². The van der Waals surface area contributed by atoms with E-state index in [4.69, 9.17) is 4.74 Å². The van der Waals surface area contributed by atoms with E-state index in [9.17, 15) is 4.79 Å². The number of alkyl carbamates (subject to hydrolysis) is 1. The van der Waals surface area contributed by atoms with Gasteiger partial charge in [-0.25, -0.2) is 9.79 Å². The molecule has 1 aliphatic carbocycles. The first-order chi connectivity index (χ1) is 10.7. The van der Waals surface area contributed by atoms with Gasteiger partial charge in [0.1, 0.15) is 11.4 Å². The molecule has 5 heteroatoms. The highest BCUT2D eigenvalue weighted by Crippen LogP contribution is 2.37. The highest BCUT2D eigenvalue weighted by atomic mass is 16.6. The summed E-state index contributed by atoms with van der Waals surface area (Å²) in [6.45, 7) is 0. The summed E-state index contributed by atoms with van der Waals surface area (Å²) >= 11 is 0. The van der Waals surface area contributed by atoms with Crippen molar-refractivity contribution in [2.24, 2.45) is 4.99 Å². The average molecular weight is 299 g/mol. The van der Waals surface area contributed by atoms with Crippen LogP contribution in [0.25, 0.3) is 0 Å². The van der Waals surface area contributed by atoms with Crippen molar-refractivity contribution in [2.75, 3.05) is 7.05 Å². The predicted octanol–water partition coefficient (Wildman–Crippen LogP) is 2.59. The maximum Gasteiger partial charge on any atom is 0.413 e. The van der Waals surface area contributed by atoms with Gasteiger partial charge >= 0.3 is 6.09 Å². The smallest absolute Gasteiger partial charge is 0.413 e. The van der Waals surface area contributed by atoms with Gasteiger partial charge < -0.3 is 10.1 Å². The first kappa shape index (κ1) is 14.8. The lowest BCUT2D eigenvalue weighted by atomic mass is 9.85. The molecule has 3 aliphatic rings. The first-order valence-corrected chi connectivity index (χ1v) is 7.66. The summed E-state index contributed by atoms with van der Waals surface area (Å²) in [6, 6.07) is 0.306. The third kappa shape index (κ3) is 2.90. The van der Waals surface area contributed by atoms with Gasteiger partial charge in [0.2, 0.25) is 0 Å². The van der Waals surface area contributed by atoms with Crippen molar-refractivity contribution in [2.45, 2.75) is 37.3 Å². The molecule has 116 valence electrons. The van der Waals surface area contributed by atoms with Crippen molar-refractivity contribution in [3.05, 3.63) is 47.9 Å². The second-order valence-electron chi connectivity index (χ2n) is 5.66. The zero-order valence-electron chi connectivity index (χ0n) is 12.7. The van der Waals surface area contributed by atoms with Crippen LogP contribution in [0.3, 0.4) is 0 Å². The Labute approximate surface area is 130 Å². The normalized spacial score (nSPS) is 33.9. The Balaban J connectivity index is 2.01. The monoisotopic (exact) mass is 299 g/mol. The van der Waals surface area contributed by atoms with E-state index >= 15 is 0 Å². The highest BCUT2D eigenvalue weighted by molar-refractivity contribution is 5.75. The van der Waals surface area contributed by atoms with Gasteiger partial charge in [0.25, 0.3) is 0 Å². The molecule has 1 spiro atoms. The fourth-order valence-corrected chi connectivity index (χ4v) is 2.98. The SMILES string of the molecule is CNC1/C=C/CC2(C/C=C/C1)OC(=O)NC1=C2C=CCC=N1. The summed E-state index contributed by atoms with van der Waals surface area (Å²) in [5, 5.41) is 5.97. The van der Waals surface area contributed by atoms with Crippen molar-refractivity contribution in [1.29, 1.82) is 0 Å². The Morgan fingerprint density at radius 3 is 3.05 bits per heavy atom. The van der Waals surface area contributed by atoms with Gasteiger partial charge in [-0.1, -0.05) is 36.5 Å². The fourth-order valence-electron chi connectivity index (χ4n) is 2.98. The molecule has 0 saturated heterocycles. The molecule has 0 bridgehead atoms.